The summed E-state index contributed by atoms with van der Waals surface area (Å²) in [6.07, 6.45) is 1.92. The largest absolute Gasteiger partial charge is 0.312 e. The highest BCUT2D eigenvalue weighted by molar-refractivity contribution is 7.86. The first-order valence-electron chi connectivity index (χ1n) is 6.80. The molecule has 23 heavy (non-hydrogen) atoms. The predicted octanol–water partition coefficient (Wildman–Crippen LogP) is 0.712. The molecule has 1 saturated heterocycles. The summed E-state index contributed by atoms with van der Waals surface area (Å²) in [5.41, 5.74) is 0.732. The van der Waals surface area contributed by atoms with Crippen LogP contribution in [0.3, 0.4) is 0 Å². The van der Waals surface area contributed by atoms with Gasteiger partial charge in [0.2, 0.25) is 0 Å². The number of nitrogens with zero attached hydrogens (tertiary/aromatic N) is 3. The fourth-order valence-corrected chi connectivity index (χ4v) is 3.10. The van der Waals surface area contributed by atoms with Crippen molar-refractivity contribution in [2.45, 2.75) is 12.1 Å². The van der Waals surface area contributed by atoms with Crippen LogP contribution in [-0.2, 0) is 14.3 Å². The van der Waals surface area contributed by atoms with Crippen LogP contribution >= 0.6 is 0 Å². The minimum Gasteiger partial charge on any atom is -0.312 e. The Hall–Kier alpha value is -1.91. The van der Waals surface area contributed by atoms with Crippen LogP contribution in [-0.4, -0.2) is 48.9 Å². The average Bonchev–Trinajstić information content (AvgIpc) is 3.08. The van der Waals surface area contributed by atoms with Crippen LogP contribution in [0.4, 0.5) is 8.78 Å². The first kappa shape index (κ1) is 16.0. The first-order chi connectivity index (χ1) is 10.8. The van der Waals surface area contributed by atoms with Gasteiger partial charge in [-0.15, -0.1) is 5.10 Å². The number of benzene rings is 1. The third-order valence-electron chi connectivity index (χ3n) is 3.49. The van der Waals surface area contributed by atoms with E-state index in [-0.39, 0.29) is 6.04 Å². The van der Waals surface area contributed by atoms with Gasteiger partial charge in [0.15, 0.2) is 11.6 Å². The van der Waals surface area contributed by atoms with E-state index in [2.05, 4.69) is 15.6 Å². The van der Waals surface area contributed by atoms with E-state index in [1.54, 1.807) is 6.20 Å². The lowest BCUT2D eigenvalue weighted by atomic mass is 10.1. The van der Waals surface area contributed by atoms with Crippen LogP contribution in [0.25, 0.3) is 11.3 Å². The fraction of sp³-hybridized carbons (Fsp3) is 0.385. The average molecular weight is 344 g/mol. The summed E-state index contributed by atoms with van der Waals surface area (Å²) in [6.45, 7) is 0.818. The van der Waals surface area contributed by atoms with Crippen LogP contribution < -0.4 is 5.32 Å². The zero-order chi connectivity index (χ0) is 16.6. The number of aromatic nitrogens is 3. The topological polar surface area (TPSA) is 86.1 Å². The molecule has 0 spiro atoms. The molecule has 0 amide bonds. The summed E-state index contributed by atoms with van der Waals surface area (Å²) in [6, 6.07) is 3.07. The van der Waals surface area contributed by atoms with E-state index in [0.29, 0.717) is 24.3 Å². The van der Waals surface area contributed by atoms with E-state index in [9.17, 15) is 17.2 Å². The van der Waals surface area contributed by atoms with Gasteiger partial charge >= 0.3 is 0 Å². The van der Waals surface area contributed by atoms with Gasteiger partial charge in [-0.05, 0) is 18.2 Å². The van der Waals surface area contributed by atoms with Crippen molar-refractivity contribution in [1.29, 1.82) is 0 Å². The first-order valence-corrected chi connectivity index (χ1v) is 8.61. The molecule has 0 radical (unpaired) electrons. The standard InChI is InChI=1S/C13H14F2N4O3S/c1-23(20,21)22-13-6-16-5-12(13)19-7-11(17-18-19)8-2-3-9(14)10(15)4-8/h2-4,7,12-13,16H,5-6H2,1H3/t12-,13-/m1/s1. The number of halogens is 2. The molecule has 0 bridgehead atoms. The quantitative estimate of drug-likeness (QED) is 0.823. The molecule has 124 valence electrons. The minimum absolute atomic E-state index is 0.355. The Balaban J connectivity index is 1.85. The van der Waals surface area contributed by atoms with E-state index >= 15 is 0 Å². The van der Waals surface area contributed by atoms with Gasteiger partial charge in [0.25, 0.3) is 10.1 Å². The van der Waals surface area contributed by atoms with Crippen molar-refractivity contribution in [2.75, 3.05) is 19.3 Å². The Morgan fingerprint density at radius 3 is 2.78 bits per heavy atom. The molecule has 0 aliphatic carbocycles. The summed E-state index contributed by atoms with van der Waals surface area (Å²) in [4.78, 5) is 0. The molecule has 1 aliphatic rings. The summed E-state index contributed by atoms with van der Waals surface area (Å²) < 4.78 is 55.3. The predicted molar refractivity (Wildman–Crippen MR) is 77.0 cm³/mol. The highest BCUT2D eigenvalue weighted by Gasteiger charge is 2.33. The zero-order valence-electron chi connectivity index (χ0n) is 12.1. The molecule has 1 aliphatic heterocycles. The van der Waals surface area contributed by atoms with Gasteiger partial charge in [-0.1, -0.05) is 5.21 Å². The maximum atomic E-state index is 13.3. The number of hydrogen-bond donors (Lipinski definition) is 1. The Kier molecular flexibility index (Phi) is 4.13. The maximum Gasteiger partial charge on any atom is 0.264 e. The molecule has 1 aromatic carbocycles. The monoisotopic (exact) mass is 344 g/mol. The van der Waals surface area contributed by atoms with Crippen molar-refractivity contribution >= 4 is 10.1 Å². The lowest BCUT2D eigenvalue weighted by Gasteiger charge is -2.17. The summed E-state index contributed by atoms with van der Waals surface area (Å²) in [5.74, 6) is -1.92. The van der Waals surface area contributed by atoms with Gasteiger partial charge < -0.3 is 5.32 Å². The number of rotatable bonds is 4. The smallest absolute Gasteiger partial charge is 0.264 e. The molecular formula is C13H14F2N4O3S. The van der Waals surface area contributed by atoms with Gasteiger partial charge in [0, 0.05) is 18.7 Å². The fourth-order valence-electron chi connectivity index (χ4n) is 2.45. The molecule has 1 N–H and O–H groups in total. The highest BCUT2D eigenvalue weighted by atomic mass is 32.2. The second kappa shape index (κ2) is 5.95. The lowest BCUT2D eigenvalue weighted by molar-refractivity contribution is 0.177. The molecule has 2 aromatic rings. The SMILES string of the molecule is CS(=O)(=O)O[C@@H]1CNC[C@H]1n1cc(-c2ccc(F)c(F)c2)nn1. The second-order valence-corrected chi connectivity index (χ2v) is 6.88. The molecule has 10 heteroatoms. The van der Waals surface area contributed by atoms with E-state index in [4.69, 9.17) is 4.18 Å². The Labute approximate surface area is 131 Å². The second-order valence-electron chi connectivity index (χ2n) is 5.28. The minimum atomic E-state index is -3.60. The molecule has 1 aromatic heterocycles. The Morgan fingerprint density at radius 2 is 2.09 bits per heavy atom. The number of hydrogen-bond acceptors (Lipinski definition) is 6. The van der Waals surface area contributed by atoms with Gasteiger partial charge in [-0.25, -0.2) is 13.5 Å². The molecule has 1 fully saturated rings. The Morgan fingerprint density at radius 1 is 1.30 bits per heavy atom. The van der Waals surface area contributed by atoms with Gasteiger partial charge in [0.1, 0.15) is 11.8 Å². The van der Waals surface area contributed by atoms with Gasteiger partial charge in [0.05, 0.1) is 18.5 Å². The van der Waals surface area contributed by atoms with Crippen LogP contribution in [0.15, 0.2) is 24.4 Å². The van der Waals surface area contributed by atoms with Crippen LogP contribution in [0.1, 0.15) is 6.04 Å². The van der Waals surface area contributed by atoms with Crippen molar-refractivity contribution in [3.63, 3.8) is 0 Å². The zero-order valence-corrected chi connectivity index (χ0v) is 12.9. The van der Waals surface area contributed by atoms with E-state index < -0.39 is 27.9 Å². The molecular weight excluding hydrogens is 330 g/mol. The van der Waals surface area contributed by atoms with Gasteiger partial charge in [-0.3, -0.25) is 4.18 Å². The van der Waals surface area contributed by atoms with Crippen LogP contribution in [0, 0.1) is 11.6 Å². The van der Waals surface area contributed by atoms with E-state index in [0.717, 1.165) is 18.4 Å². The summed E-state index contributed by atoms with van der Waals surface area (Å²) >= 11 is 0. The molecule has 0 unspecified atom stereocenters. The summed E-state index contributed by atoms with van der Waals surface area (Å²) in [7, 11) is -3.60. The third kappa shape index (κ3) is 3.54. The molecule has 7 nitrogen and oxygen atoms in total. The number of nitrogens with one attached hydrogen (secondary N) is 1. The molecule has 0 saturated carbocycles. The van der Waals surface area contributed by atoms with E-state index in [1.807, 2.05) is 0 Å². The van der Waals surface area contributed by atoms with Crippen LogP contribution in [0.5, 0.6) is 0 Å². The molecule has 3 rings (SSSR count). The highest BCUT2D eigenvalue weighted by Crippen LogP contribution is 2.23. The lowest BCUT2D eigenvalue weighted by Crippen LogP contribution is -2.28. The van der Waals surface area contributed by atoms with E-state index in [1.165, 1.54) is 10.7 Å². The maximum absolute atomic E-state index is 13.3. The van der Waals surface area contributed by atoms with Gasteiger partial charge in [-0.2, -0.15) is 8.42 Å². The third-order valence-corrected chi connectivity index (χ3v) is 4.09. The van der Waals surface area contributed by atoms with Crippen molar-refractivity contribution in [1.82, 2.24) is 20.3 Å². The Bertz CT molecular complexity index is 824. The summed E-state index contributed by atoms with van der Waals surface area (Å²) in [5, 5.41) is 10.9. The normalized spacial score (nSPS) is 21.7. The molecule has 2 heterocycles. The van der Waals surface area contributed by atoms with Crippen molar-refractivity contribution < 1.29 is 21.4 Å². The van der Waals surface area contributed by atoms with Crippen molar-refractivity contribution in [3.05, 3.63) is 36.0 Å². The van der Waals surface area contributed by atoms with Crippen molar-refractivity contribution in [3.8, 4) is 11.3 Å². The van der Waals surface area contributed by atoms with Crippen LogP contribution in [0.2, 0.25) is 0 Å². The van der Waals surface area contributed by atoms with Crippen molar-refractivity contribution in [2.24, 2.45) is 0 Å². The molecule has 2 atom stereocenters.